The molecule has 2 aromatic carbocycles. The minimum atomic E-state index is -3.84. The summed E-state index contributed by atoms with van der Waals surface area (Å²) in [6.45, 7) is 5.56. The van der Waals surface area contributed by atoms with Crippen LogP contribution in [-0.2, 0) is 26.2 Å². The van der Waals surface area contributed by atoms with Gasteiger partial charge in [-0.1, -0.05) is 44.0 Å². The third kappa shape index (κ3) is 7.29. The molecule has 0 radical (unpaired) electrons. The fourth-order valence-corrected chi connectivity index (χ4v) is 5.15. The Labute approximate surface area is 223 Å². The summed E-state index contributed by atoms with van der Waals surface area (Å²) in [6.07, 6.45) is 2.10. The van der Waals surface area contributed by atoms with E-state index in [0.717, 1.165) is 22.7 Å². The summed E-state index contributed by atoms with van der Waals surface area (Å²) in [5, 5.41) is 3.45. The lowest BCUT2D eigenvalue weighted by molar-refractivity contribution is -0.140. The first-order valence-corrected chi connectivity index (χ1v) is 14.4. The number of nitrogens with one attached hydrogen (secondary N) is 1. The zero-order valence-electron chi connectivity index (χ0n) is 21.4. The average molecular weight is 552 g/mol. The molecule has 1 unspecified atom stereocenters. The number of anilines is 1. The average Bonchev–Trinajstić information content (AvgIpc) is 3.36. The first-order valence-electron chi connectivity index (χ1n) is 12.4. The fraction of sp³-hybridized carbons (Fsp3) is 0.462. The molecule has 0 saturated heterocycles. The maximum absolute atomic E-state index is 13.8. The molecule has 1 atom stereocenters. The van der Waals surface area contributed by atoms with E-state index in [1.807, 2.05) is 13.8 Å². The van der Waals surface area contributed by atoms with Crippen LogP contribution in [0.2, 0.25) is 5.02 Å². The molecule has 0 aromatic heterocycles. The van der Waals surface area contributed by atoms with E-state index >= 15 is 0 Å². The third-order valence-electron chi connectivity index (χ3n) is 6.11. The van der Waals surface area contributed by atoms with Crippen LogP contribution in [0.4, 0.5) is 5.69 Å². The Morgan fingerprint density at radius 3 is 2.41 bits per heavy atom. The van der Waals surface area contributed by atoms with Crippen molar-refractivity contribution < 1.29 is 27.5 Å². The number of carbonyl (C=O) groups is 2. The molecular weight excluding hydrogens is 518 g/mol. The highest BCUT2D eigenvalue weighted by molar-refractivity contribution is 7.92. The number of rotatable bonds is 13. The summed E-state index contributed by atoms with van der Waals surface area (Å²) in [6, 6.07) is 10.9. The van der Waals surface area contributed by atoms with Crippen LogP contribution in [-0.4, -0.2) is 56.8 Å². The summed E-state index contributed by atoms with van der Waals surface area (Å²) < 4.78 is 38.0. The fourth-order valence-electron chi connectivity index (χ4n) is 3.97. The number of carbonyl (C=O) groups excluding carboxylic acids is 2. The molecule has 2 amide bonds. The second-order valence-electron chi connectivity index (χ2n) is 8.66. The van der Waals surface area contributed by atoms with Crippen molar-refractivity contribution in [1.29, 1.82) is 0 Å². The van der Waals surface area contributed by atoms with Crippen molar-refractivity contribution in [3.05, 3.63) is 53.1 Å². The van der Waals surface area contributed by atoms with Crippen molar-refractivity contribution in [2.45, 2.75) is 52.6 Å². The van der Waals surface area contributed by atoms with Crippen LogP contribution < -0.4 is 19.1 Å². The quantitative estimate of drug-likeness (QED) is 0.378. The van der Waals surface area contributed by atoms with Gasteiger partial charge in [0.2, 0.25) is 28.6 Å². The Balaban J connectivity index is 1.94. The molecule has 11 heteroatoms. The highest BCUT2D eigenvalue weighted by Gasteiger charge is 2.33. The molecule has 2 aromatic rings. The second kappa shape index (κ2) is 13.0. The molecule has 1 N–H and O–H groups in total. The molecule has 1 aliphatic rings. The molecule has 0 fully saturated rings. The third-order valence-corrected chi connectivity index (χ3v) is 8.10. The standard InChI is InChI=1S/C26H34ClN3O6S/c1-4-7-14-28-26(32)22(5-2)29(16-19-8-10-20(27)11-9-19)25(31)17-30(37(33,34)6-3)21-12-13-23-24(15-21)36-18-35-23/h8-13,15,22H,4-7,14,16-18H2,1-3H3,(H,28,32). The van der Waals surface area contributed by atoms with Gasteiger partial charge < -0.3 is 19.7 Å². The maximum atomic E-state index is 13.8. The smallest absolute Gasteiger partial charge is 0.244 e. The summed E-state index contributed by atoms with van der Waals surface area (Å²) in [4.78, 5) is 28.3. The van der Waals surface area contributed by atoms with Crippen molar-refractivity contribution in [3.63, 3.8) is 0 Å². The Bertz CT molecular complexity index is 1190. The van der Waals surface area contributed by atoms with Crippen molar-refractivity contribution in [2.24, 2.45) is 0 Å². The summed E-state index contributed by atoms with van der Waals surface area (Å²) in [7, 11) is -3.84. The molecule has 0 saturated carbocycles. The number of hydrogen-bond acceptors (Lipinski definition) is 6. The second-order valence-corrected chi connectivity index (χ2v) is 11.3. The lowest BCUT2D eigenvalue weighted by Crippen LogP contribution is -2.52. The molecule has 0 aliphatic carbocycles. The monoisotopic (exact) mass is 551 g/mol. The van der Waals surface area contributed by atoms with E-state index in [9.17, 15) is 18.0 Å². The van der Waals surface area contributed by atoms with Gasteiger partial charge in [-0.2, -0.15) is 0 Å². The van der Waals surface area contributed by atoms with Crippen LogP contribution in [0, 0.1) is 0 Å². The van der Waals surface area contributed by atoms with Gasteiger partial charge in [-0.15, -0.1) is 0 Å². The van der Waals surface area contributed by atoms with Crippen molar-refractivity contribution in [2.75, 3.05) is 29.9 Å². The van der Waals surface area contributed by atoms with Gasteiger partial charge in [-0.3, -0.25) is 13.9 Å². The van der Waals surface area contributed by atoms with E-state index in [1.165, 1.54) is 11.8 Å². The van der Waals surface area contributed by atoms with E-state index in [4.69, 9.17) is 21.1 Å². The van der Waals surface area contributed by atoms with Crippen LogP contribution in [0.25, 0.3) is 0 Å². The number of sulfonamides is 1. The molecule has 202 valence electrons. The maximum Gasteiger partial charge on any atom is 0.244 e. The largest absolute Gasteiger partial charge is 0.454 e. The first-order chi connectivity index (χ1) is 17.7. The van der Waals surface area contributed by atoms with Crippen molar-refractivity contribution in [1.82, 2.24) is 10.2 Å². The van der Waals surface area contributed by atoms with Crippen LogP contribution in [0.3, 0.4) is 0 Å². The molecule has 1 heterocycles. The summed E-state index contributed by atoms with van der Waals surface area (Å²) in [5.41, 5.74) is 1.05. The van der Waals surface area contributed by atoms with Crippen LogP contribution in [0.5, 0.6) is 11.5 Å². The highest BCUT2D eigenvalue weighted by Crippen LogP contribution is 2.36. The number of ether oxygens (including phenoxy) is 2. The molecule has 0 spiro atoms. The molecular formula is C26H34ClN3O6S. The minimum Gasteiger partial charge on any atom is -0.454 e. The van der Waals surface area contributed by atoms with Gasteiger partial charge in [-0.25, -0.2) is 8.42 Å². The van der Waals surface area contributed by atoms with Crippen molar-refractivity contribution >= 4 is 39.1 Å². The SMILES string of the molecule is CCCCNC(=O)C(CC)N(Cc1ccc(Cl)cc1)C(=O)CN(c1ccc2c(c1)OCO2)S(=O)(=O)CC. The van der Waals surface area contributed by atoms with Crippen LogP contribution >= 0.6 is 11.6 Å². The Kier molecular flexibility index (Phi) is 10.0. The zero-order valence-corrected chi connectivity index (χ0v) is 23.0. The number of unbranched alkanes of at least 4 members (excludes halogenated alkanes) is 1. The van der Waals surface area contributed by atoms with Gasteiger partial charge in [0.25, 0.3) is 0 Å². The molecule has 1 aliphatic heterocycles. The molecule has 37 heavy (non-hydrogen) atoms. The van der Waals surface area contributed by atoms with E-state index in [0.29, 0.717) is 29.5 Å². The topological polar surface area (TPSA) is 105 Å². The van der Waals surface area contributed by atoms with Gasteiger partial charge >= 0.3 is 0 Å². The molecule has 3 rings (SSSR count). The van der Waals surface area contributed by atoms with Crippen LogP contribution in [0.1, 0.15) is 45.6 Å². The van der Waals surface area contributed by atoms with Gasteiger partial charge in [0.1, 0.15) is 12.6 Å². The highest BCUT2D eigenvalue weighted by atomic mass is 35.5. The number of benzene rings is 2. The van der Waals surface area contributed by atoms with Gasteiger partial charge in [-0.05, 0) is 49.6 Å². The summed E-state index contributed by atoms with van der Waals surface area (Å²) in [5.74, 6) is -0.0712. The van der Waals surface area contributed by atoms with E-state index in [-0.39, 0.29) is 30.7 Å². The van der Waals surface area contributed by atoms with Gasteiger partial charge in [0, 0.05) is 24.2 Å². The number of nitrogens with zero attached hydrogens (tertiary/aromatic N) is 2. The van der Waals surface area contributed by atoms with Gasteiger partial charge in [0.15, 0.2) is 11.5 Å². The predicted octanol–water partition coefficient (Wildman–Crippen LogP) is 3.95. The Morgan fingerprint density at radius 1 is 1.05 bits per heavy atom. The van der Waals surface area contributed by atoms with E-state index < -0.39 is 28.5 Å². The lowest BCUT2D eigenvalue weighted by Gasteiger charge is -2.33. The number of amides is 2. The predicted molar refractivity (Wildman–Crippen MR) is 143 cm³/mol. The number of halogens is 1. The number of hydrogen-bond donors (Lipinski definition) is 1. The van der Waals surface area contributed by atoms with Gasteiger partial charge in [0.05, 0.1) is 11.4 Å². The Hall–Kier alpha value is -2.98. The molecule has 9 nitrogen and oxygen atoms in total. The Morgan fingerprint density at radius 2 is 1.76 bits per heavy atom. The van der Waals surface area contributed by atoms with E-state index in [1.54, 1.807) is 42.5 Å². The first kappa shape index (κ1) is 28.6. The minimum absolute atomic E-state index is 0.0401. The molecule has 0 bridgehead atoms. The summed E-state index contributed by atoms with van der Waals surface area (Å²) >= 11 is 6.03. The van der Waals surface area contributed by atoms with Crippen molar-refractivity contribution in [3.8, 4) is 11.5 Å². The lowest BCUT2D eigenvalue weighted by atomic mass is 10.1. The van der Waals surface area contributed by atoms with Crippen LogP contribution in [0.15, 0.2) is 42.5 Å². The van der Waals surface area contributed by atoms with E-state index in [2.05, 4.69) is 5.32 Å². The normalized spacial score (nSPS) is 13.2. The zero-order chi connectivity index (χ0) is 27.0. The number of fused-ring (bicyclic) bond motifs is 1.